The van der Waals surface area contributed by atoms with E-state index in [-0.39, 0.29) is 18.4 Å². The summed E-state index contributed by atoms with van der Waals surface area (Å²) in [4.78, 5) is 16.5. The van der Waals surface area contributed by atoms with E-state index in [1.807, 2.05) is 51.1 Å². The number of H-pyrrole nitrogens is 1. The van der Waals surface area contributed by atoms with Crippen molar-refractivity contribution >= 4 is 17.3 Å². The summed E-state index contributed by atoms with van der Waals surface area (Å²) >= 11 is 0. The predicted molar refractivity (Wildman–Crippen MR) is 123 cm³/mol. The van der Waals surface area contributed by atoms with Gasteiger partial charge in [-0.25, -0.2) is 4.39 Å². The number of amides is 1. The first-order valence-corrected chi connectivity index (χ1v) is 10.5. The van der Waals surface area contributed by atoms with E-state index in [1.54, 1.807) is 6.07 Å². The van der Waals surface area contributed by atoms with Gasteiger partial charge in [-0.15, -0.1) is 0 Å². The first-order chi connectivity index (χ1) is 14.5. The summed E-state index contributed by atoms with van der Waals surface area (Å²) in [6.45, 7) is 7.07. The Kier molecular flexibility index (Phi) is 9.02. The molecule has 1 heterocycles. The summed E-state index contributed by atoms with van der Waals surface area (Å²) in [6, 6.07) is 12.8. The smallest absolute Gasteiger partial charge is 0.210 e. The number of halogens is 1. The van der Waals surface area contributed by atoms with Gasteiger partial charge in [0.1, 0.15) is 5.82 Å². The molecule has 1 aromatic heterocycles. The molecule has 0 fully saturated rings. The van der Waals surface area contributed by atoms with Crippen molar-refractivity contribution in [2.45, 2.75) is 46.2 Å². The molecule has 0 radical (unpaired) electrons. The number of benzene rings is 2. The lowest BCUT2D eigenvalue weighted by molar-refractivity contribution is -0.118. The third kappa shape index (κ3) is 5.46. The lowest BCUT2D eigenvalue weighted by atomic mass is 9.96. The number of carbonyl (C=O) groups excluding carboxylic acids is 1. The minimum atomic E-state index is -0.329. The maximum Gasteiger partial charge on any atom is 0.210 e. The molecule has 3 aromatic rings. The Hall–Kier alpha value is -2.70. The number of nitrogens with two attached hydrogens (primary N) is 2. The number of nitrogens with one attached hydrogen (secondary N) is 1. The van der Waals surface area contributed by atoms with Gasteiger partial charge in [0.2, 0.25) is 6.41 Å². The maximum atomic E-state index is 14.8. The molecule has 30 heavy (non-hydrogen) atoms. The van der Waals surface area contributed by atoms with Gasteiger partial charge in [-0.1, -0.05) is 44.2 Å². The second-order valence-electron chi connectivity index (χ2n) is 7.16. The van der Waals surface area contributed by atoms with Gasteiger partial charge < -0.3 is 21.4 Å². The molecule has 1 amide bonds. The Morgan fingerprint density at radius 3 is 2.60 bits per heavy atom. The van der Waals surface area contributed by atoms with Gasteiger partial charge in [0.05, 0.1) is 0 Å². The van der Waals surface area contributed by atoms with E-state index in [9.17, 15) is 9.18 Å². The molecule has 1 unspecified atom stereocenters. The number of aromatic amines is 1. The average Bonchev–Trinajstić information content (AvgIpc) is 3.10. The second-order valence-corrected chi connectivity index (χ2v) is 7.16. The largest absolute Gasteiger partial charge is 0.358 e. The topological polar surface area (TPSA) is 88.1 Å². The molecule has 162 valence electrons. The van der Waals surface area contributed by atoms with Gasteiger partial charge in [0.15, 0.2) is 0 Å². The number of hydrogen-bond acceptors (Lipinski definition) is 3. The summed E-state index contributed by atoms with van der Waals surface area (Å²) in [5.41, 5.74) is 15.8. The van der Waals surface area contributed by atoms with Crippen LogP contribution in [0.15, 0.2) is 42.5 Å². The van der Waals surface area contributed by atoms with Gasteiger partial charge in [0.25, 0.3) is 0 Å². The summed E-state index contributed by atoms with van der Waals surface area (Å²) in [5.74, 6) is -0.329. The van der Waals surface area contributed by atoms with Crippen molar-refractivity contribution in [1.29, 1.82) is 0 Å². The lowest BCUT2D eigenvalue weighted by Gasteiger charge is -2.23. The van der Waals surface area contributed by atoms with E-state index < -0.39 is 0 Å². The zero-order chi connectivity index (χ0) is 22.1. The molecule has 0 bridgehead atoms. The van der Waals surface area contributed by atoms with Gasteiger partial charge in [0, 0.05) is 46.9 Å². The molecule has 0 aliphatic heterocycles. The van der Waals surface area contributed by atoms with Crippen molar-refractivity contribution in [3.05, 3.63) is 59.5 Å². The summed E-state index contributed by atoms with van der Waals surface area (Å²) < 4.78 is 14.8. The van der Waals surface area contributed by atoms with Crippen molar-refractivity contribution in [3.8, 4) is 11.1 Å². The number of hydrogen-bond donors (Lipinski definition) is 3. The van der Waals surface area contributed by atoms with Crippen LogP contribution in [0.3, 0.4) is 0 Å². The fraction of sp³-hybridized carbons (Fsp3) is 0.375. The van der Waals surface area contributed by atoms with E-state index in [4.69, 9.17) is 11.5 Å². The number of fused-ring (bicyclic) bond motifs is 1. The summed E-state index contributed by atoms with van der Waals surface area (Å²) in [7, 11) is 0. The molecule has 2 aromatic carbocycles. The molecule has 0 saturated carbocycles. The first kappa shape index (κ1) is 23.6. The molecular formula is C24H33FN4O. The maximum absolute atomic E-state index is 14.8. The molecule has 3 rings (SSSR count). The van der Waals surface area contributed by atoms with Crippen molar-refractivity contribution in [2.75, 3.05) is 13.1 Å². The highest BCUT2D eigenvalue weighted by molar-refractivity contribution is 5.98. The molecule has 1 atom stereocenters. The average molecular weight is 413 g/mol. The van der Waals surface area contributed by atoms with Crippen LogP contribution in [0.4, 0.5) is 4.39 Å². The zero-order valence-corrected chi connectivity index (χ0v) is 18.1. The Bertz CT molecular complexity index is 954. The normalized spacial score (nSPS) is 11.7. The van der Waals surface area contributed by atoms with Crippen LogP contribution in [-0.2, 0) is 11.3 Å². The quantitative estimate of drug-likeness (QED) is 0.457. The number of para-hydroxylation sites is 1. The van der Waals surface area contributed by atoms with Crippen LogP contribution >= 0.6 is 0 Å². The Balaban J connectivity index is 0.00000155. The number of rotatable bonds is 9. The molecular weight excluding hydrogens is 379 g/mol. The van der Waals surface area contributed by atoms with E-state index >= 15 is 0 Å². The van der Waals surface area contributed by atoms with E-state index in [0.717, 1.165) is 47.0 Å². The third-order valence-corrected chi connectivity index (χ3v) is 5.04. The first-order valence-electron chi connectivity index (χ1n) is 10.5. The third-order valence-electron chi connectivity index (χ3n) is 5.04. The standard InChI is InChI=1S/C22H27FN4O.C2H6/c1-15-22(18-7-2-3-10-21(18)26-15)17-8-4-9-20(23)19(17)13-27(14-28)12-16(25)6-5-11-24;1-2/h2-4,7-10,14,16,26H,5-6,11-13,24-25H2,1H3;1-2H3. The Labute approximate surface area is 178 Å². The van der Waals surface area contributed by atoms with Crippen molar-refractivity contribution < 1.29 is 9.18 Å². The summed E-state index contributed by atoms with van der Waals surface area (Å²) in [5, 5.41) is 1.03. The van der Waals surface area contributed by atoms with E-state index in [2.05, 4.69) is 4.98 Å². The van der Waals surface area contributed by atoms with Crippen molar-refractivity contribution in [3.63, 3.8) is 0 Å². The van der Waals surface area contributed by atoms with Crippen molar-refractivity contribution in [1.82, 2.24) is 9.88 Å². The minimum absolute atomic E-state index is 0.167. The molecule has 6 heteroatoms. The fourth-order valence-corrected chi connectivity index (χ4v) is 3.70. The number of aromatic nitrogens is 1. The van der Waals surface area contributed by atoms with Crippen LogP contribution in [-0.4, -0.2) is 35.4 Å². The van der Waals surface area contributed by atoms with Crippen LogP contribution in [0.2, 0.25) is 0 Å². The van der Waals surface area contributed by atoms with Gasteiger partial charge >= 0.3 is 0 Å². The van der Waals surface area contributed by atoms with Crippen LogP contribution in [0.1, 0.15) is 37.9 Å². The summed E-state index contributed by atoms with van der Waals surface area (Å²) in [6.07, 6.45) is 2.26. The molecule has 5 N–H and O–H groups in total. The highest BCUT2D eigenvalue weighted by Crippen LogP contribution is 2.35. The number of aryl methyl sites for hydroxylation is 1. The minimum Gasteiger partial charge on any atom is -0.358 e. The molecule has 0 saturated heterocycles. The molecule has 5 nitrogen and oxygen atoms in total. The zero-order valence-electron chi connectivity index (χ0n) is 18.1. The number of nitrogens with zero attached hydrogens (tertiary/aromatic N) is 1. The highest BCUT2D eigenvalue weighted by atomic mass is 19.1. The van der Waals surface area contributed by atoms with Gasteiger partial charge in [-0.3, -0.25) is 4.79 Å². The van der Waals surface area contributed by atoms with E-state index in [1.165, 1.54) is 11.0 Å². The lowest BCUT2D eigenvalue weighted by Crippen LogP contribution is -2.37. The monoisotopic (exact) mass is 412 g/mol. The van der Waals surface area contributed by atoms with Crippen LogP contribution < -0.4 is 11.5 Å². The number of carbonyl (C=O) groups is 1. The highest BCUT2D eigenvalue weighted by Gasteiger charge is 2.19. The van der Waals surface area contributed by atoms with Gasteiger partial charge in [-0.2, -0.15) is 0 Å². The SMILES string of the molecule is CC.Cc1[nH]c2ccccc2c1-c1cccc(F)c1CN(C=O)CC(N)CCCN. The van der Waals surface area contributed by atoms with Crippen LogP contribution in [0, 0.1) is 12.7 Å². The predicted octanol–water partition coefficient (Wildman–Crippen LogP) is 4.33. The Morgan fingerprint density at radius 1 is 1.17 bits per heavy atom. The molecule has 0 aliphatic rings. The fourth-order valence-electron chi connectivity index (χ4n) is 3.70. The second kappa shape index (κ2) is 11.5. The van der Waals surface area contributed by atoms with E-state index in [0.29, 0.717) is 18.7 Å². The van der Waals surface area contributed by atoms with Gasteiger partial charge in [-0.05, 0) is 44.0 Å². The van der Waals surface area contributed by atoms with Crippen LogP contribution in [0.5, 0.6) is 0 Å². The van der Waals surface area contributed by atoms with Crippen LogP contribution in [0.25, 0.3) is 22.0 Å². The molecule has 0 aliphatic carbocycles. The molecule has 0 spiro atoms. The van der Waals surface area contributed by atoms with Crippen molar-refractivity contribution in [2.24, 2.45) is 11.5 Å². The Morgan fingerprint density at radius 2 is 1.90 bits per heavy atom.